The number of hydrogen-bond donors (Lipinski definition) is 2. The standard InChI is InChI=1S/C29H32ClNO2/c1-17-16-28(2)24(20-4-6-23-19(13-20)10-12-31-27(23)30)7-8-26(28)29(33)11-9-18-3-5-22(32)14-21(18)15-25(17)29/h4,6-7,10,12-13,15,18,22,26,32-33H,3,5,8-9,11,14,16H2,1-2H3/t18?,22?,26?,28?,29-/m1/s1. The number of aliphatic hydroxyl groups excluding tert-OH is 1. The number of aliphatic hydroxyl groups is 2. The minimum Gasteiger partial charge on any atom is -0.393 e. The van der Waals surface area contributed by atoms with Gasteiger partial charge in [-0.05, 0) is 92.0 Å². The van der Waals surface area contributed by atoms with Crippen molar-refractivity contribution < 1.29 is 10.2 Å². The van der Waals surface area contributed by atoms with Gasteiger partial charge in [-0.25, -0.2) is 4.98 Å². The highest BCUT2D eigenvalue weighted by atomic mass is 35.5. The fraction of sp³-hybridized carbons (Fsp3) is 0.483. The molecule has 0 aliphatic heterocycles. The Labute approximate surface area is 200 Å². The molecule has 4 aliphatic carbocycles. The predicted molar refractivity (Wildman–Crippen MR) is 134 cm³/mol. The highest BCUT2D eigenvalue weighted by molar-refractivity contribution is 6.34. The van der Waals surface area contributed by atoms with Gasteiger partial charge in [-0.1, -0.05) is 54.0 Å². The van der Waals surface area contributed by atoms with E-state index < -0.39 is 5.60 Å². The van der Waals surface area contributed by atoms with Gasteiger partial charge in [0.15, 0.2) is 0 Å². The van der Waals surface area contributed by atoms with Gasteiger partial charge >= 0.3 is 0 Å². The summed E-state index contributed by atoms with van der Waals surface area (Å²) in [6.07, 6.45) is 12.5. The van der Waals surface area contributed by atoms with E-state index in [9.17, 15) is 10.2 Å². The molecule has 4 unspecified atom stereocenters. The van der Waals surface area contributed by atoms with E-state index in [1.165, 1.54) is 22.3 Å². The highest BCUT2D eigenvalue weighted by Crippen LogP contribution is 2.63. The molecule has 0 spiro atoms. The lowest BCUT2D eigenvalue weighted by Crippen LogP contribution is -2.49. The minimum atomic E-state index is -0.811. The van der Waals surface area contributed by atoms with Gasteiger partial charge in [0.2, 0.25) is 0 Å². The smallest absolute Gasteiger partial charge is 0.136 e. The average molecular weight is 462 g/mol. The quantitative estimate of drug-likeness (QED) is 0.468. The molecule has 4 heteroatoms. The van der Waals surface area contributed by atoms with E-state index in [1.54, 1.807) is 6.20 Å². The average Bonchev–Trinajstić information content (AvgIpc) is 3.05. The van der Waals surface area contributed by atoms with E-state index >= 15 is 0 Å². The van der Waals surface area contributed by atoms with Gasteiger partial charge in [0.05, 0.1) is 11.7 Å². The van der Waals surface area contributed by atoms with Gasteiger partial charge in [-0.2, -0.15) is 0 Å². The predicted octanol–water partition coefficient (Wildman–Crippen LogP) is 6.63. The topological polar surface area (TPSA) is 53.4 Å². The fourth-order valence-electron chi connectivity index (χ4n) is 7.58. The first-order valence-electron chi connectivity index (χ1n) is 12.4. The second kappa shape index (κ2) is 7.53. The summed E-state index contributed by atoms with van der Waals surface area (Å²) in [6.45, 7) is 4.56. The lowest BCUT2D eigenvalue weighted by atomic mass is 9.56. The number of fused-ring (bicyclic) bond motifs is 5. The number of nitrogens with zero attached hydrogens (tertiary/aromatic N) is 1. The summed E-state index contributed by atoms with van der Waals surface area (Å²) >= 11 is 6.31. The summed E-state index contributed by atoms with van der Waals surface area (Å²) in [5.74, 6) is 0.666. The van der Waals surface area contributed by atoms with Crippen molar-refractivity contribution in [3.05, 3.63) is 70.1 Å². The SMILES string of the molecule is CC1=C2C=C3CC(O)CCC3CC[C@]2(O)C2CC=C(c3ccc4c(Cl)nccc4c3)C2(C)C1. The van der Waals surface area contributed by atoms with Crippen molar-refractivity contribution >= 4 is 27.9 Å². The van der Waals surface area contributed by atoms with E-state index in [4.69, 9.17) is 11.6 Å². The van der Waals surface area contributed by atoms with Crippen molar-refractivity contribution in [2.75, 3.05) is 0 Å². The monoisotopic (exact) mass is 461 g/mol. The Morgan fingerprint density at radius 2 is 2.00 bits per heavy atom. The Morgan fingerprint density at radius 1 is 1.15 bits per heavy atom. The maximum absolute atomic E-state index is 12.3. The molecule has 0 saturated heterocycles. The molecule has 172 valence electrons. The van der Waals surface area contributed by atoms with Crippen LogP contribution < -0.4 is 0 Å². The minimum absolute atomic E-state index is 0.111. The van der Waals surface area contributed by atoms with Crippen LogP contribution in [-0.4, -0.2) is 26.9 Å². The Bertz CT molecular complexity index is 1240. The molecule has 2 N–H and O–H groups in total. The summed E-state index contributed by atoms with van der Waals surface area (Å²) in [5.41, 5.74) is 5.44. The molecule has 3 nitrogen and oxygen atoms in total. The highest BCUT2D eigenvalue weighted by Gasteiger charge is 2.57. The number of allylic oxidation sites excluding steroid dienone is 3. The summed E-state index contributed by atoms with van der Waals surface area (Å²) < 4.78 is 0. The maximum Gasteiger partial charge on any atom is 0.136 e. The van der Waals surface area contributed by atoms with Crippen LogP contribution in [0.2, 0.25) is 5.15 Å². The van der Waals surface area contributed by atoms with Crippen molar-refractivity contribution in [2.45, 2.75) is 70.5 Å². The Morgan fingerprint density at radius 3 is 2.85 bits per heavy atom. The first kappa shape index (κ1) is 21.6. The molecular formula is C29H32ClNO2. The number of benzene rings is 1. The normalized spacial score (nSPS) is 36.0. The van der Waals surface area contributed by atoms with Crippen molar-refractivity contribution in [1.82, 2.24) is 4.98 Å². The summed E-state index contributed by atoms with van der Waals surface area (Å²) in [4.78, 5) is 4.21. The molecule has 1 aromatic carbocycles. The van der Waals surface area contributed by atoms with Crippen LogP contribution in [-0.2, 0) is 0 Å². The molecule has 1 aromatic heterocycles. The number of halogens is 1. The fourth-order valence-corrected chi connectivity index (χ4v) is 7.81. The van der Waals surface area contributed by atoms with Crippen LogP contribution in [0.4, 0.5) is 0 Å². The van der Waals surface area contributed by atoms with Crippen LogP contribution in [0.15, 0.2) is 59.3 Å². The lowest BCUT2D eigenvalue weighted by molar-refractivity contribution is -0.0354. The van der Waals surface area contributed by atoms with Crippen LogP contribution in [0.5, 0.6) is 0 Å². The largest absolute Gasteiger partial charge is 0.393 e. The zero-order valence-corrected chi connectivity index (χ0v) is 20.2. The van der Waals surface area contributed by atoms with E-state index in [2.05, 4.69) is 49.2 Å². The first-order chi connectivity index (χ1) is 15.8. The van der Waals surface area contributed by atoms with Gasteiger partial charge in [0.25, 0.3) is 0 Å². The molecule has 0 bridgehead atoms. The van der Waals surface area contributed by atoms with Crippen molar-refractivity contribution in [1.29, 1.82) is 0 Å². The summed E-state index contributed by atoms with van der Waals surface area (Å²) in [7, 11) is 0. The van der Waals surface area contributed by atoms with E-state index in [-0.39, 0.29) is 17.4 Å². The molecule has 1 fully saturated rings. The Hall–Kier alpha value is -1.94. The number of rotatable bonds is 1. The van der Waals surface area contributed by atoms with Gasteiger partial charge in [-0.15, -0.1) is 0 Å². The number of pyridine rings is 1. The molecule has 4 aliphatic rings. The third kappa shape index (κ3) is 3.20. The second-order valence-corrected chi connectivity index (χ2v) is 11.4. The molecular weight excluding hydrogens is 430 g/mol. The van der Waals surface area contributed by atoms with E-state index in [0.29, 0.717) is 11.1 Å². The van der Waals surface area contributed by atoms with E-state index in [0.717, 1.165) is 61.3 Å². The van der Waals surface area contributed by atoms with E-state index in [1.807, 2.05) is 6.07 Å². The van der Waals surface area contributed by atoms with Gasteiger partial charge in [0, 0.05) is 22.9 Å². The second-order valence-electron chi connectivity index (χ2n) is 11.0. The summed E-state index contributed by atoms with van der Waals surface area (Å²) in [5, 5.41) is 25.2. The molecule has 1 heterocycles. The van der Waals surface area contributed by atoms with Gasteiger partial charge < -0.3 is 10.2 Å². The zero-order valence-electron chi connectivity index (χ0n) is 19.4. The molecule has 0 radical (unpaired) electrons. The van der Waals surface area contributed by atoms with Crippen molar-refractivity contribution in [2.24, 2.45) is 17.3 Å². The third-order valence-corrected chi connectivity index (χ3v) is 9.45. The van der Waals surface area contributed by atoms with Crippen molar-refractivity contribution in [3.63, 3.8) is 0 Å². The lowest BCUT2D eigenvalue weighted by Gasteiger charge is -2.50. The first-order valence-corrected chi connectivity index (χ1v) is 12.7. The third-order valence-electron chi connectivity index (χ3n) is 9.15. The van der Waals surface area contributed by atoms with Crippen molar-refractivity contribution in [3.8, 4) is 0 Å². The van der Waals surface area contributed by atoms with Crippen LogP contribution in [0.1, 0.15) is 64.4 Å². The van der Waals surface area contributed by atoms with Crippen LogP contribution >= 0.6 is 11.6 Å². The Kier molecular flexibility index (Phi) is 4.93. The van der Waals surface area contributed by atoms with Gasteiger partial charge in [-0.3, -0.25) is 0 Å². The van der Waals surface area contributed by atoms with Crippen LogP contribution in [0.25, 0.3) is 16.3 Å². The molecule has 0 amide bonds. The molecule has 1 saturated carbocycles. The molecule has 33 heavy (non-hydrogen) atoms. The van der Waals surface area contributed by atoms with Crippen LogP contribution in [0.3, 0.4) is 0 Å². The molecule has 2 aromatic rings. The van der Waals surface area contributed by atoms with Gasteiger partial charge in [0.1, 0.15) is 5.15 Å². The maximum atomic E-state index is 12.3. The number of hydrogen-bond acceptors (Lipinski definition) is 3. The van der Waals surface area contributed by atoms with Crippen LogP contribution in [0, 0.1) is 17.3 Å². The number of aromatic nitrogens is 1. The zero-order chi connectivity index (χ0) is 23.0. The molecule has 6 rings (SSSR count). The summed E-state index contributed by atoms with van der Waals surface area (Å²) in [6, 6.07) is 8.49. The molecule has 5 atom stereocenters. The Balaban J connectivity index is 1.42.